The van der Waals surface area contributed by atoms with Crippen LogP contribution in [-0.4, -0.2) is 155 Å². The number of hydrogen-bond donors (Lipinski definition) is 15. The molecule has 1 aromatic carbocycles. The van der Waals surface area contributed by atoms with E-state index in [1.807, 2.05) is 6.07 Å². The molecule has 1 aromatic rings. The van der Waals surface area contributed by atoms with Crippen molar-refractivity contribution in [3.63, 3.8) is 0 Å². The monoisotopic (exact) mass is 825 g/mol. The van der Waals surface area contributed by atoms with Crippen LogP contribution in [0.15, 0.2) is 30.3 Å². The van der Waals surface area contributed by atoms with Gasteiger partial charge in [0.25, 0.3) is 0 Å². The number of primary amides is 3. The number of unbranched alkanes of at least 4 members (excludes halogenated alkanes) is 1. The number of carbonyl (C=O) groups is 8. The summed E-state index contributed by atoms with van der Waals surface area (Å²) in [4.78, 5) is 98.9. The smallest absolute Gasteiger partial charge is 0.242 e. The second kappa shape index (κ2) is 27.6. The number of benzene rings is 1. The van der Waals surface area contributed by atoms with Crippen molar-refractivity contribution in [2.75, 3.05) is 39.5 Å². The number of rotatable bonds is 32. The summed E-state index contributed by atoms with van der Waals surface area (Å²) in [6.45, 7) is -0.937. The molecule has 23 nitrogen and oxygen atoms in total. The van der Waals surface area contributed by atoms with Gasteiger partial charge < -0.3 is 64.6 Å². The fraction of sp³-hybridized carbons (Fsp3) is 0.600. The van der Waals surface area contributed by atoms with Gasteiger partial charge >= 0.3 is 0 Å². The first-order chi connectivity index (χ1) is 27.4. The lowest BCUT2D eigenvalue weighted by Gasteiger charge is -2.27. The lowest BCUT2D eigenvalue weighted by Crippen LogP contribution is -2.60. The number of nitrogens with two attached hydrogens (primary N) is 4. The van der Waals surface area contributed by atoms with E-state index in [2.05, 4.69) is 37.4 Å². The van der Waals surface area contributed by atoms with Crippen LogP contribution in [0.3, 0.4) is 0 Å². The van der Waals surface area contributed by atoms with Gasteiger partial charge in [-0.1, -0.05) is 30.3 Å². The number of hydrogen-bond acceptors (Lipinski definition) is 17. The summed E-state index contributed by atoms with van der Waals surface area (Å²) >= 11 is 0. The summed E-state index contributed by atoms with van der Waals surface area (Å²) in [6, 6.07) is 0.145. The van der Waals surface area contributed by atoms with Gasteiger partial charge in [0.1, 0.15) is 36.3 Å². The highest BCUT2D eigenvalue weighted by atomic mass is 16.3. The van der Waals surface area contributed by atoms with E-state index in [-0.39, 0.29) is 45.3 Å². The second-order valence-electron chi connectivity index (χ2n) is 13.4. The van der Waals surface area contributed by atoms with Gasteiger partial charge in [-0.05, 0) is 31.7 Å². The zero-order valence-corrected chi connectivity index (χ0v) is 32.4. The van der Waals surface area contributed by atoms with Crippen LogP contribution in [0.2, 0.25) is 0 Å². The molecular weight excluding hydrogens is 766 g/mol. The maximum absolute atomic E-state index is 13.1. The minimum Gasteiger partial charge on any atom is -0.394 e. The standard InChI is InChI=1S/C35H59N11O12/c1-19(50)29(42-15-21(14-27(37)51)43-26(18-49)33(39)56)31(54)30(53)25(17-48)46-45-23(32(38)55)9-10-28(52)40-11-5-6-12-41-35(58)24(44-34(57)22(36)16-47)13-20-7-3-2-4-8-20/h2-4,7-8,19,21-26,29,42-43,45-50H,5-6,9-18,36H2,1H3,(H2,37,51)(H2,38,55)(H2,39,56)(H,40,52)(H,41,58)(H,44,57)/t19?,21?,22?,23?,24?,25-,26-,29?/m0/s1. The average Bonchev–Trinajstić information content (AvgIpc) is 3.18. The molecule has 0 radical (unpaired) electrons. The fourth-order valence-electron chi connectivity index (χ4n) is 5.30. The van der Waals surface area contributed by atoms with Crippen molar-refractivity contribution in [1.29, 1.82) is 0 Å². The molecule has 0 heterocycles. The number of hydrazine groups is 1. The number of aliphatic hydroxyl groups is 4. The third-order valence-corrected chi connectivity index (χ3v) is 8.61. The number of aliphatic hydroxyl groups excluding tert-OH is 4. The Morgan fingerprint density at radius 3 is 1.84 bits per heavy atom. The molecule has 58 heavy (non-hydrogen) atoms. The maximum Gasteiger partial charge on any atom is 0.242 e. The second-order valence-corrected chi connectivity index (χ2v) is 13.4. The largest absolute Gasteiger partial charge is 0.394 e. The minimum atomic E-state index is -1.64. The van der Waals surface area contributed by atoms with E-state index in [1.165, 1.54) is 6.92 Å². The van der Waals surface area contributed by atoms with E-state index < -0.39 is 115 Å². The Balaban J connectivity index is 2.63. The summed E-state index contributed by atoms with van der Waals surface area (Å²) in [6.07, 6.45) is -1.13. The molecule has 326 valence electrons. The van der Waals surface area contributed by atoms with Crippen molar-refractivity contribution in [2.24, 2.45) is 22.9 Å². The van der Waals surface area contributed by atoms with Gasteiger partial charge in [-0.2, -0.15) is 0 Å². The minimum absolute atomic E-state index is 0.161. The van der Waals surface area contributed by atoms with Crippen LogP contribution in [0.4, 0.5) is 0 Å². The summed E-state index contributed by atoms with van der Waals surface area (Å²) in [5.41, 5.74) is 27.1. The molecule has 8 atom stereocenters. The molecule has 6 amide bonds. The Bertz CT molecular complexity index is 1500. The van der Waals surface area contributed by atoms with E-state index in [4.69, 9.17) is 22.9 Å². The quantitative estimate of drug-likeness (QED) is 0.0182. The molecule has 0 saturated heterocycles. The molecule has 0 aromatic heterocycles. The number of amides is 6. The lowest BCUT2D eigenvalue weighted by atomic mass is 9.99. The molecule has 1 rings (SSSR count). The van der Waals surface area contributed by atoms with Crippen molar-refractivity contribution in [1.82, 2.24) is 37.4 Å². The summed E-state index contributed by atoms with van der Waals surface area (Å²) in [5.74, 6) is -6.70. The highest BCUT2D eigenvalue weighted by Gasteiger charge is 2.35. The Morgan fingerprint density at radius 2 is 1.31 bits per heavy atom. The zero-order chi connectivity index (χ0) is 43.8. The molecule has 6 unspecified atom stereocenters. The molecule has 0 saturated carbocycles. The van der Waals surface area contributed by atoms with Gasteiger partial charge in [0, 0.05) is 44.9 Å². The Morgan fingerprint density at radius 1 is 0.724 bits per heavy atom. The van der Waals surface area contributed by atoms with Gasteiger partial charge in [-0.25, -0.2) is 10.9 Å². The van der Waals surface area contributed by atoms with Crippen molar-refractivity contribution in [3.05, 3.63) is 35.9 Å². The van der Waals surface area contributed by atoms with Gasteiger partial charge in [-0.3, -0.25) is 43.7 Å². The molecule has 0 spiro atoms. The molecule has 23 heteroatoms. The Kier molecular flexibility index (Phi) is 24.3. The van der Waals surface area contributed by atoms with Gasteiger partial charge in [0.2, 0.25) is 47.0 Å². The van der Waals surface area contributed by atoms with Gasteiger partial charge in [0.05, 0.1) is 25.9 Å². The predicted octanol–water partition coefficient (Wildman–Crippen LogP) is -7.71. The van der Waals surface area contributed by atoms with Crippen LogP contribution < -0.4 is 60.4 Å². The molecular formula is C35H59N11O12. The van der Waals surface area contributed by atoms with Gasteiger partial charge in [0.15, 0.2) is 0 Å². The summed E-state index contributed by atoms with van der Waals surface area (Å²) in [7, 11) is 0. The van der Waals surface area contributed by atoms with Crippen LogP contribution in [0, 0.1) is 0 Å². The van der Waals surface area contributed by atoms with Crippen molar-refractivity contribution in [2.45, 2.75) is 93.8 Å². The Labute approximate surface area is 335 Å². The molecule has 19 N–H and O–H groups in total. The molecule has 0 aliphatic carbocycles. The molecule has 0 aliphatic heterocycles. The van der Waals surface area contributed by atoms with Gasteiger partial charge in [-0.15, -0.1) is 0 Å². The van der Waals surface area contributed by atoms with Crippen molar-refractivity contribution < 1.29 is 58.8 Å². The third-order valence-electron chi connectivity index (χ3n) is 8.61. The SMILES string of the molecule is CC(O)C(NCC(CC(N)=O)N[C@@H](CO)C(N)=O)C(=O)C(=O)[C@H](CO)NNC(CCC(=O)NCCCCNC(=O)C(Cc1ccccc1)NC(=O)C(N)CO)C(N)=O. The van der Waals surface area contributed by atoms with Crippen LogP contribution in [0.1, 0.15) is 44.6 Å². The van der Waals surface area contributed by atoms with E-state index in [9.17, 15) is 58.8 Å². The highest BCUT2D eigenvalue weighted by molar-refractivity contribution is 6.41. The number of nitrogens with one attached hydrogen (secondary N) is 7. The van der Waals surface area contributed by atoms with Crippen LogP contribution in [0.25, 0.3) is 0 Å². The number of carbonyl (C=O) groups excluding carboxylic acids is 8. The lowest BCUT2D eigenvalue weighted by molar-refractivity contribution is -0.141. The van der Waals surface area contributed by atoms with Crippen molar-refractivity contribution >= 4 is 47.0 Å². The summed E-state index contributed by atoms with van der Waals surface area (Å²) in [5, 5.41) is 51.8. The predicted molar refractivity (Wildman–Crippen MR) is 206 cm³/mol. The molecule has 0 fully saturated rings. The van der Waals surface area contributed by atoms with Crippen molar-refractivity contribution in [3.8, 4) is 0 Å². The fourth-order valence-corrected chi connectivity index (χ4v) is 5.30. The zero-order valence-electron chi connectivity index (χ0n) is 32.4. The topological polar surface area (TPSA) is 406 Å². The maximum atomic E-state index is 13.1. The highest BCUT2D eigenvalue weighted by Crippen LogP contribution is 2.06. The average molecular weight is 826 g/mol. The van der Waals surface area contributed by atoms with Crippen LogP contribution in [0.5, 0.6) is 0 Å². The van der Waals surface area contributed by atoms with E-state index in [0.29, 0.717) is 12.8 Å². The number of Topliss-reactive ketones (excluding diaryl/α,β-unsaturated/α-hetero) is 2. The van der Waals surface area contributed by atoms with E-state index >= 15 is 0 Å². The first-order valence-corrected chi connectivity index (χ1v) is 18.6. The number of ketones is 2. The first-order valence-electron chi connectivity index (χ1n) is 18.6. The van der Waals surface area contributed by atoms with E-state index in [0.717, 1.165) is 5.56 Å². The normalized spacial score (nSPS) is 15.3. The van der Waals surface area contributed by atoms with E-state index in [1.54, 1.807) is 24.3 Å². The van der Waals surface area contributed by atoms with Crippen LogP contribution in [-0.2, 0) is 44.8 Å². The molecule has 0 bridgehead atoms. The van der Waals surface area contributed by atoms with Crippen LogP contribution >= 0.6 is 0 Å². The summed E-state index contributed by atoms with van der Waals surface area (Å²) < 4.78 is 0. The Hall–Kier alpha value is -4.98. The third kappa shape index (κ3) is 19.4. The first kappa shape index (κ1) is 51.0. The molecule has 0 aliphatic rings.